The molecule has 2 aromatic heterocycles. The molecule has 0 spiro atoms. The van der Waals surface area contributed by atoms with Gasteiger partial charge in [-0.15, -0.1) is 0 Å². The number of fused-ring (bicyclic) bond motifs is 1. The van der Waals surface area contributed by atoms with Crippen LogP contribution in [-0.4, -0.2) is 9.97 Å². The lowest BCUT2D eigenvalue weighted by Crippen LogP contribution is -1.93. The van der Waals surface area contributed by atoms with Crippen LogP contribution in [0.5, 0.6) is 0 Å². The van der Waals surface area contributed by atoms with Crippen LogP contribution in [0.4, 0.5) is 0 Å². The van der Waals surface area contributed by atoms with Gasteiger partial charge in [-0.2, -0.15) is 0 Å². The van der Waals surface area contributed by atoms with Gasteiger partial charge in [0.15, 0.2) is 5.65 Å². The van der Waals surface area contributed by atoms with E-state index in [4.69, 9.17) is 0 Å². The molecule has 0 unspecified atom stereocenters. The van der Waals surface area contributed by atoms with Crippen LogP contribution in [0.3, 0.4) is 0 Å². The van der Waals surface area contributed by atoms with E-state index in [0.29, 0.717) is 0 Å². The fraction of sp³-hybridized carbons (Fsp3) is 0.333. The molecule has 0 aliphatic carbocycles. The summed E-state index contributed by atoms with van der Waals surface area (Å²) in [5.74, 6) is 0. The molecule has 0 atom stereocenters. The molecule has 72 valence electrons. The standard InChI is InChI=1S/C12H14N2/c1-4-10-7-9(3)14-12-11(10)6-5-8(2)13-12/h5-7H,4H2,1-3H3. The number of hydrogen-bond donors (Lipinski definition) is 0. The van der Waals surface area contributed by atoms with Crippen LogP contribution >= 0.6 is 0 Å². The van der Waals surface area contributed by atoms with Gasteiger partial charge < -0.3 is 0 Å². The van der Waals surface area contributed by atoms with E-state index in [0.717, 1.165) is 23.5 Å². The normalized spacial score (nSPS) is 10.8. The van der Waals surface area contributed by atoms with Crippen molar-refractivity contribution in [1.29, 1.82) is 0 Å². The van der Waals surface area contributed by atoms with E-state index in [1.807, 2.05) is 19.9 Å². The van der Waals surface area contributed by atoms with Crippen LogP contribution < -0.4 is 0 Å². The van der Waals surface area contributed by atoms with Crippen molar-refractivity contribution in [3.05, 3.63) is 35.2 Å². The third kappa shape index (κ3) is 1.48. The Hall–Kier alpha value is -1.44. The van der Waals surface area contributed by atoms with Crippen LogP contribution in [0, 0.1) is 13.8 Å². The first-order valence-electron chi connectivity index (χ1n) is 4.94. The Morgan fingerprint density at radius 1 is 1.07 bits per heavy atom. The lowest BCUT2D eigenvalue weighted by Gasteiger charge is -2.05. The number of aryl methyl sites for hydroxylation is 3. The average Bonchev–Trinajstić information content (AvgIpc) is 2.15. The highest BCUT2D eigenvalue weighted by Gasteiger charge is 2.03. The Bertz CT molecular complexity index is 470. The molecule has 0 aromatic carbocycles. The Morgan fingerprint density at radius 3 is 2.50 bits per heavy atom. The molecule has 2 aromatic rings. The van der Waals surface area contributed by atoms with E-state index in [2.05, 4.69) is 29.0 Å². The summed E-state index contributed by atoms with van der Waals surface area (Å²) in [6, 6.07) is 6.29. The van der Waals surface area contributed by atoms with Gasteiger partial charge in [-0.25, -0.2) is 9.97 Å². The molecule has 0 saturated carbocycles. The van der Waals surface area contributed by atoms with E-state index in [9.17, 15) is 0 Å². The number of nitrogens with zero attached hydrogens (tertiary/aromatic N) is 2. The minimum absolute atomic E-state index is 0.877. The SMILES string of the molecule is CCc1cc(C)nc2nc(C)ccc12. The Balaban J connectivity index is 2.81. The highest BCUT2D eigenvalue weighted by Crippen LogP contribution is 2.17. The first kappa shape index (κ1) is 9.13. The third-order valence-corrected chi connectivity index (χ3v) is 2.41. The highest BCUT2D eigenvalue weighted by molar-refractivity contribution is 5.79. The summed E-state index contributed by atoms with van der Waals surface area (Å²) in [5.41, 5.74) is 4.28. The quantitative estimate of drug-likeness (QED) is 0.684. The van der Waals surface area contributed by atoms with Crippen molar-refractivity contribution in [2.45, 2.75) is 27.2 Å². The monoisotopic (exact) mass is 186 g/mol. The summed E-state index contributed by atoms with van der Waals surface area (Å²) in [6.45, 7) is 6.17. The second-order valence-electron chi connectivity index (χ2n) is 3.60. The van der Waals surface area contributed by atoms with E-state index in [1.54, 1.807) is 0 Å². The number of rotatable bonds is 1. The molecule has 0 aliphatic heterocycles. The molecule has 0 aliphatic rings. The zero-order chi connectivity index (χ0) is 10.1. The Labute approximate surface area is 84.0 Å². The van der Waals surface area contributed by atoms with Gasteiger partial charge in [0.05, 0.1) is 0 Å². The predicted molar refractivity (Wildman–Crippen MR) is 58.4 cm³/mol. The van der Waals surface area contributed by atoms with Gasteiger partial charge in [0.1, 0.15) is 0 Å². The molecule has 2 heterocycles. The van der Waals surface area contributed by atoms with Crippen molar-refractivity contribution in [3.8, 4) is 0 Å². The lowest BCUT2D eigenvalue weighted by molar-refractivity contribution is 1.10. The second kappa shape index (κ2) is 3.37. The smallest absolute Gasteiger partial charge is 0.159 e. The molecule has 2 rings (SSSR count). The van der Waals surface area contributed by atoms with E-state index < -0.39 is 0 Å². The number of pyridine rings is 2. The summed E-state index contributed by atoms with van der Waals surface area (Å²) >= 11 is 0. The molecule has 0 bridgehead atoms. The van der Waals surface area contributed by atoms with Gasteiger partial charge in [0.25, 0.3) is 0 Å². The van der Waals surface area contributed by atoms with Crippen LogP contribution in [0.1, 0.15) is 23.9 Å². The fourth-order valence-corrected chi connectivity index (χ4v) is 1.70. The molecule has 0 saturated heterocycles. The van der Waals surface area contributed by atoms with Crippen molar-refractivity contribution >= 4 is 11.0 Å². The first-order valence-corrected chi connectivity index (χ1v) is 4.94. The summed E-state index contributed by atoms with van der Waals surface area (Å²) in [6.07, 6.45) is 1.03. The molecule has 0 radical (unpaired) electrons. The molecule has 0 amide bonds. The maximum atomic E-state index is 4.43. The summed E-state index contributed by atoms with van der Waals surface area (Å²) in [5, 5.41) is 1.18. The van der Waals surface area contributed by atoms with Crippen molar-refractivity contribution in [1.82, 2.24) is 9.97 Å². The van der Waals surface area contributed by atoms with E-state index in [-0.39, 0.29) is 0 Å². The summed E-state index contributed by atoms with van der Waals surface area (Å²) in [4.78, 5) is 8.87. The fourth-order valence-electron chi connectivity index (χ4n) is 1.70. The van der Waals surface area contributed by atoms with Crippen molar-refractivity contribution in [2.24, 2.45) is 0 Å². The molecule has 2 heteroatoms. The van der Waals surface area contributed by atoms with E-state index >= 15 is 0 Å². The topological polar surface area (TPSA) is 25.8 Å². The maximum absolute atomic E-state index is 4.43. The highest BCUT2D eigenvalue weighted by atomic mass is 14.9. The second-order valence-corrected chi connectivity index (χ2v) is 3.60. The van der Waals surface area contributed by atoms with Gasteiger partial charge in [-0.1, -0.05) is 6.92 Å². The number of hydrogen-bond acceptors (Lipinski definition) is 2. The van der Waals surface area contributed by atoms with E-state index in [1.165, 1.54) is 10.9 Å². The van der Waals surface area contributed by atoms with Crippen LogP contribution in [0.15, 0.2) is 18.2 Å². The van der Waals surface area contributed by atoms with Crippen LogP contribution in [-0.2, 0) is 6.42 Å². The molecule has 0 fully saturated rings. The summed E-state index contributed by atoms with van der Waals surface area (Å²) < 4.78 is 0. The molecule has 2 nitrogen and oxygen atoms in total. The van der Waals surface area contributed by atoms with Gasteiger partial charge in [0, 0.05) is 16.8 Å². The molecule has 0 N–H and O–H groups in total. The minimum atomic E-state index is 0.877. The predicted octanol–water partition coefficient (Wildman–Crippen LogP) is 2.81. The molecular formula is C12H14N2. The van der Waals surface area contributed by atoms with Gasteiger partial charge in [0.2, 0.25) is 0 Å². The van der Waals surface area contributed by atoms with Gasteiger partial charge in [-0.3, -0.25) is 0 Å². The van der Waals surface area contributed by atoms with Crippen LogP contribution in [0.25, 0.3) is 11.0 Å². The van der Waals surface area contributed by atoms with Crippen molar-refractivity contribution in [3.63, 3.8) is 0 Å². The zero-order valence-corrected chi connectivity index (χ0v) is 8.83. The third-order valence-electron chi connectivity index (χ3n) is 2.41. The molecule has 14 heavy (non-hydrogen) atoms. The first-order chi connectivity index (χ1) is 6.70. The van der Waals surface area contributed by atoms with Gasteiger partial charge in [-0.05, 0) is 44.0 Å². The van der Waals surface area contributed by atoms with Crippen molar-refractivity contribution < 1.29 is 0 Å². The number of aromatic nitrogens is 2. The van der Waals surface area contributed by atoms with Gasteiger partial charge >= 0.3 is 0 Å². The lowest BCUT2D eigenvalue weighted by atomic mass is 10.1. The Kier molecular flexibility index (Phi) is 2.20. The zero-order valence-electron chi connectivity index (χ0n) is 8.83. The molecular weight excluding hydrogens is 172 g/mol. The largest absolute Gasteiger partial charge is 0.233 e. The maximum Gasteiger partial charge on any atom is 0.159 e. The Morgan fingerprint density at radius 2 is 1.79 bits per heavy atom. The summed E-state index contributed by atoms with van der Waals surface area (Å²) in [7, 11) is 0. The van der Waals surface area contributed by atoms with Crippen molar-refractivity contribution in [2.75, 3.05) is 0 Å². The minimum Gasteiger partial charge on any atom is -0.233 e. The average molecular weight is 186 g/mol. The van der Waals surface area contributed by atoms with Crippen LogP contribution in [0.2, 0.25) is 0 Å².